The van der Waals surface area contributed by atoms with Crippen molar-refractivity contribution in [1.82, 2.24) is 10.2 Å². The predicted molar refractivity (Wildman–Crippen MR) is 85.6 cm³/mol. The fraction of sp³-hybridized carbons (Fsp3) is 1.00. The van der Waals surface area contributed by atoms with Crippen LogP contribution in [0.1, 0.15) is 66.2 Å². The zero-order valence-corrected chi connectivity index (χ0v) is 13.8. The van der Waals surface area contributed by atoms with Crippen molar-refractivity contribution in [1.29, 1.82) is 0 Å². The zero-order valence-electron chi connectivity index (χ0n) is 13.8. The molecule has 1 aliphatic rings. The Labute approximate surface area is 121 Å². The lowest BCUT2D eigenvalue weighted by Crippen LogP contribution is -2.46. The van der Waals surface area contributed by atoms with Crippen molar-refractivity contribution in [3.05, 3.63) is 0 Å². The van der Waals surface area contributed by atoms with Crippen LogP contribution in [-0.4, -0.2) is 37.1 Å². The second kappa shape index (κ2) is 9.77. The summed E-state index contributed by atoms with van der Waals surface area (Å²) in [5, 5.41) is 3.81. The highest BCUT2D eigenvalue weighted by molar-refractivity contribution is 4.86. The summed E-state index contributed by atoms with van der Waals surface area (Å²) < 4.78 is 0. The number of nitrogens with zero attached hydrogens (tertiary/aromatic N) is 1. The van der Waals surface area contributed by atoms with Gasteiger partial charge in [-0.3, -0.25) is 0 Å². The number of nitrogens with one attached hydrogen (secondary N) is 1. The third kappa shape index (κ3) is 5.83. The van der Waals surface area contributed by atoms with Gasteiger partial charge in [0.05, 0.1) is 0 Å². The van der Waals surface area contributed by atoms with Gasteiger partial charge in [-0.1, -0.05) is 34.1 Å². The molecule has 1 fully saturated rings. The van der Waals surface area contributed by atoms with Crippen molar-refractivity contribution < 1.29 is 0 Å². The van der Waals surface area contributed by atoms with E-state index in [1.54, 1.807) is 0 Å². The molecule has 0 amide bonds. The van der Waals surface area contributed by atoms with Gasteiger partial charge in [0.25, 0.3) is 0 Å². The molecule has 0 aromatic heterocycles. The van der Waals surface area contributed by atoms with Crippen LogP contribution in [0.5, 0.6) is 0 Å². The fourth-order valence-electron chi connectivity index (χ4n) is 3.56. The molecule has 1 N–H and O–H groups in total. The van der Waals surface area contributed by atoms with Crippen molar-refractivity contribution in [2.24, 2.45) is 11.8 Å². The van der Waals surface area contributed by atoms with E-state index in [0.29, 0.717) is 0 Å². The summed E-state index contributed by atoms with van der Waals surface area (Å²) in [6.45, 7) is 14.2. The molecular formula is C17H36N2. The van der Waals surface area contributed by atoms with Crippen LogP contribution >= 0.6 is 0 Å². The quantitative estimate of drug-likeness (QED) is 0.682. The van der Waals surface area contributed by atoms with Crippen molar-refractivity contribution in [2.75, 3.05) is 26.2 Å². The molecule has 114 valence electrons. The summed E-state index contributed by atoms with van der Waals surface area (Å²) in [6, 6.07) is 0.772. The monoisotopic (exact) mass is 268 g/mol. The highest BCUT2D eigenvalue weighted by Gasteiger charge is 2.30. The Bertz CT molecular complexity index is 217. The molecule has 2 heteroatoms. The first kappa shape index (κ1) is 17.0. The van der Waals surface area contributed by atoms with Crippen molar-refractivity contribution in [2.45, 2.75) is 72.3 Å². The Kier molecular flexibility index (Phi) is 8.72. The summed E-state index contributed by atoms with van der Waals surface area (Å²) in [6.07, 6.45) is 8.19. The van der Waals surface area contributed by atoms with E-state index in [4.69, 9.17) is 0 Å². The summed E-state index contributed by atoms with van der Waals surface area (Å²) >= 11 is 0. The number of rotatable bonds is 9. The molecule has 0 spiro atoms. The van der Waals surface area contributed by atoms with Gasteiger partial charge in [-0.2, -0.15) is 0 Å². The minimum atomic E-state index is 0.772. The van der Waals surface area contributed by atoms with Gasteiger partial charge < -0.3 is 10.2 Å². The second-order valence-electron chi connectivity index (χ2n) is 6.30. The summed E-state index contributed by atoms with van der Waals surface area (Å²) in [7, 11) is 0. The van der Waals surface area contributed by atoms with Gasteiger partial charge in [0.15, 0.2) is 0 Å². The minimum Gasteiger partial charge on any atom is -0.314 e. The van der Waals surface area contributed by atoms with Gasteiger partial charge in [0.1, 0.15) is 0 Å². The summed E-state index contributed by atoms with van der Waals surface area (Å²) in [4.78, 5) is 2.66. The van der Waals surface area contributed by atoms with Crippen LogP contribution in [0.2, 0.25) is 0 Å². The smallest absolute Gasteiger partial charge is 0.0108 e. The Morgan fingerprint density at radius 1 is 1.05 bits per heavy atom. The molecule has 0 saturated heterocycles. The lowest BCUT2D eigenvalue weighted by Gasteiger charge is -2.39. The molecule has 1 saturated carbocycles. The third-order valence-corrected chi connectivity index (χ3v) is 4.80. The van der Waals surface area contributed by atoms with Gasteiger partial charge in [0, 0.05) is 12.6 Å². The SMILES string of the molecule is CCCNC1CCC(CC)CC1CN(CC)CCC. The molecule has 19 heavy (non-hydrogen) atoms. The maximum atomic E-state index is 3.81. The maximum Gasteiger partial charge on any atom is 0.0108 e. The van der Waals surface area contributed by atoms with Gasteiger partial charge >= 0.3 is 0 Å². The first-order valence-electron chi connectivity index (χ1n) is 8.70. The Hall–Kier alpha value is -0.0800. The first-order chi connectivity index (χ1) is 9.24. The lowest BCUT2D eigenvalue weighted by molar-refractivity contribution is 0.141. The van der Waals surface area contributed by atoms with E-state index >= 15 is 0 Å². The Morgan fingerprint density at radius 3 is 2.42 bits per heavy atom. The minimum absolute atomic E-state index is 0.772. The van der Waals surface area contributed by atoms with Crippen LogP contribution in [0.4, 0.5) is 0 Å². The van der Waals surface area contributed by atoms with Crippen LogP contribution in [0, 0.1) is 11.8 Å². The molecule has 3 unspecified atom stereocenters. The van der Waals surface area contributed by atoms with E-state index in [0.717, 1.165) is 17.9 Å². The number of hydrogen-bond acceptors (Lipinski definition) is 2. The molecule has 3 atom stereocenters. The second-order valence-corrected chi connectivity index (χ2v) is 6.30. The Balaban J connectivity index is 2.53. The van der Waals surface area contributed by atoms with Crippen LogP contribution in [0.3, 0.4) is 0 Å². The van der Waals surface area contributed by atoms with E-state index in [2.05, 4.69) is 37.9 Å². The standard InChI is InChI=1S/C17H36N2/c1-5-11-18-17-10-9-15(7-3)13-16(17)14-19(8-4)12-6-2/h15-18H,5-14H2,1-4H3. The molecule has 0 radical (unpaired) electrons. The number of hydrogen-bond donors (Lipinski definition) is 1. The predicted octanol–water partition coefficient (Wildman–Crippen LogP) is 3.91. The first-order valence-corrected chi connectivity index (χ1v) is 8.70. The highest BCUT2D eigenvalue weighted by Crippen LogP contribution is 2.32. The van der Waals surface area contributed by atoms with E-state index in [9.17, 15) is 0 Å². The molecule has 2 nitrogen and oxygen atoms in total. The van der Waals surface area contributed by atoms with E-state index in [1.807, 2.05) is 0 Å². The fourth-order valence-corrected chi connectivity index (χ4v) is 3.56. The zero-order chi connectivity index (χ0) is 14.1. The lowest BCUT2D eigenvalue weighted by atomic mass is 9.76. The average molecular weight is 268 g/mol. The molecule has 0 aromatic carbocycles. The van der Waals surface area contributed by atoms with Crippen molar-refractivity contribution >= 4 is 0 Å². The molecule has 0 bridgehead atoms. The van der Waals surface area contributed by atoms with Gasteiger partial charge in [-0.15, -0.1) is 0 Å². The average Bonchev–Trinajstić information content (AvgIpc) is 2.45. The van der Waals surface area contributed by atoms with Gasteiger partial charge in [-0.25, -0.2) is 0 Å². The third-order valence-electron chi connectivity index (χ3n) is 4.80. The molecule has 0 aliphatic heterocycles. The normalized spacial score (nSPS) is 27.9. The van der Waals surface area contributed by atoms with Crippen LogP contribution in [0.15, 0.2) is 0 Å². The Morgan fingerprint density at radius 2 is 1.84 bits per heavy atom. The maximum absolute atomic E-state index is 3.81. The van der Waals surface area contributed by atoms with E-state index in [1.165, 1.54) is 64.7 Å². The van der Waals surface area contributed by atoms with Crippen LogP contribution in [0.25, 0.3) is 0 Å². The molecule has 0 heterocycles. The van der Waals surface area contributed by atoms with E-state index < -0.39 is 0 Å². The summed E-state index contributed by atoms with van der Waals surface area (Å²) in [5.41, 5.74) is 0. The highest BCUT2D eigenvalue weighted by atomic mass is 15.1. The van der Waals surface area contributed by atoms with Crippen LogP contribution < -0.4 is 5.32 Å². The molecule has 1 rings (SSSR count). The summed E-state index contributed by atoms with van der Waals surface area (Å²) in [5.74, 6) is 1.85. The molecular weight excluding hydrogens is 232 g/mol. The van der Waals surface area contributed by atoms with Crippen molar-refractivity contribution in [3.63, 3.8) is 0 Å². The van der Waals surface area contributed by atoms with Crippen molar-refractivity contribution in [3.8, 4) is 0 Å². The van der Waals surface area contributed by atoms with Gasteiger partial charge in [0.2, 0.25) is 0 Å². The molecule has 0 aromatic rings. The van der Waals surface area contributed by atoms with Gasteiger partial charge in [-0.05, 0) is 63.6 Å². The topological polar surface area (TPSA) is 15.3 Å². The van der Waals surface area contributed by atoms with Crippen LogP contribution in [-0.2, 0) is 0 Å². The largest absolute Gasteiger partial charge is 0.314 e. The van der Waals surface area contributed by atoms with E-state index in [-0.39, 0.29) is 0 Å². The molecule has 1 aliphatic carbocycles.